The SMILES string of the molecule is COc1ccccc1-c1nc(Cl)nc(-c2ccccc2)n1. The van der Waals surface area contributed by atoms with E-state index in [-0.39, 0.29) is 5.28 Å². The Hall–Kier alpha value is -2.46. The van der Waals surface area contributed by atoms with Crippen LogP contribution in [0.5, 0.6) is 5.75 Å². The Morgan fingerprint density at radius 2 is 1.48 bits per heavy atom. The molecule has 0 saturated heterocycles. The number of hydrogen-bond donors (Lipinski definition) is 0. The summed E-state index contributed by atoms with van der Waals surface area (Å²) in [5.74, 6) is 1.72. The predicted octanol–water partition coefficient (Wildman–Crippen LogP) is 3.87. The predicted molar refractivity (Wildman–Crippen MR) is 82.3 cm³/mol. The zero-order chi connectivity index (χ0) is 14.7. The van der Waals surface area contributed by atoms with Gasteiger partial charge in [-0.2, -0.15) is 9.97 Å². The van der Waals surface area contributed by atoms with E-state index in [1.807, 2.05) is 54.6 Å². The van der Waals surface area contributed by atoms with Gasteiger partial charge in [-0.05, 0) is 23.7 Å². The second-order valence-corrected chi connectivity index (χ2v) is 4.66. The highest BCUT2D eigenvalue weighted by molar-refractivity contribution is 6.28. The quantitative estimate of drug-likeness (QED) is 0.736. The first-order valence-corrected chi connectivity index (χ1v) is 6.76. The number of nitrogens with zero attached hydrogens (tertiary/aromatic N) is 3. The molecule has 0 spiro atoms. The lowest BCUT2D eigenvalue weighted by Gasteiger charge is -2.08. The summed E-state index contributed by atoms with van der Waals surface area (Å²) in [7, 11) is 1.61. The number of para-hydroxylation sites is 1. The molecule has 3 aromatic rings. The topological polar surface area (TPSA) is 47.9 Å². The van der Waals surface area contributed by atoms with Crippen LogP contribution in [0.3, 0.4) is 0 Å². The Bertz CT molecular complexity index is 762. The molecule has 21 heavy (non-hydrogen) atoms. The monoisotopic (exact) mass is 297 g/mol. The lowest BCUT2D eigenvalue weighted by Crippen LogP contribution is -1.98. The van der Waals surface area contributed by atoms with Crippen LogP contribution >= 0.6 is 11.6 Å². The van der Waals surface area contributed by atoms with Gasteiger partial charge in [0.05, 0.1) is 12.7 Å². The first kappa shape index (κ1) is 13.5. The maximum atomic E-state index is 6.04. The highest BCUT2D eigenvalue weighted by Crippen LogP contribution is 2.28. The molecule has 1 aromatic heterocycles. The standard InChI is InChI=1S/C16H12ClN3O/c1-21-13-10-6-5-9-12(13)15-18-14(19-16(17)20-15)11-7-3-2-4-8-11/h2-10H,1H3. The molecule has 5 heteroatoms. The van der Waals surface area contributed by atoms with Crippen molar-refractivity contribution in [1.82, 2.24) is 15.0 Å². The average molecular weight is 298 g/mol. The fourth-order valence-corrected chi connectivity index (χ4v) is 2.18. The van der Waals surface area contributed by atoms with Gasteiger partial charge in [0.25, 0.3) is 0 Å². The van der Waals surface area contributed by atoms with Crippen molar-refractivity contribution in [1.29, 1.82) is 0 Å². The molecule has 3 rings (SSSR count). The average Bonchev–Trinajstić information content (AvgIpc) is 2.55. The molecule has 0 unspecified atom stereocenters. The summed E-state index contributed by atoms with van der Waals surface area (Å²) >= 11 is 6.04. The molecule has 0 atom stereocenters. The molecular formula is C16H12ClN3O. The van der Waals surface area contributed by atoms with Crippen molar-refractivity contribution in [2.45, 2.75) is 0 Å². The summed E-state index contributed by atoms with van der Waals surface area (Å²) in [5, 5.41) is 0.157. The van der Waals surface area contributed by atoms with Crippen molar-refractivity contribution in [3.8, 4) is 28.5 Å². The van der Waals surface area contributed by atoms with Gasteiger partial charge in [-0.15, -0.1) is 0 Å². The van der Waals surface area contributed by atoms with Crippen molar-refractivity contribution >= 4 is 11.6 Å². The van der Waals surface area contributed by atoms with Crippen LogP contribution in [-0.2, 0) is 0 Å². The molecule has 0 radical (unpaired) electrons. The first-order valence-electron chi connectivity index (χ1n) is 6.38. The van der Waals surface area contributed by atoms with E-state index in [2.05, 4.69) is 15.0 Å². The van der Waals surface area contributed by atoms with E-state index in [4.69, 9.17) is 16.3 Å². The molecule has 2 aromatic carbocycles. The Morgan fingerprint density at radius 1 is 0.810 bits per heavy atom. The number of halogens is 1. The summed E-state index contributed by atoms with van der Waals surface area (Å²) < 4.78 is 5.34. The molecule has 0 aliphatic rings. The van der Waals surface area contributed by atoms with Gasteiger partial charge in [-0.1, -0.05) is 42.5 Å². The zero-order valence-corrected chi connectivity index (χ0v) is 12.1. The minimum Gasteiger partial charge on any atom is -0.496 e. The molecule has 0 saturated carbocycles. The second kappa shape index (κ2) is 5.89. The zero-order valence-electron chi connectivity index (χ0n) is 11.3. The molecule has 0 fully saturated rings. The van der Waals surface area contributed by atoms with Crippen LogP contribution < -0.4 is 4.74 Å². The fourth-order valence-electron chi connectivity index (χ4n) is 2.02. The molecule has 0 aliphatic carbocycles. The third kappa shape index (κ3) is 2.85. The minimum absolute atomic E-state index is 0.157. The summed E-state index contributed by atoms with van der Waals surface area (Å²) in [4.78, 5) is 12.9. The fraction of sp³-hybridized carbons (Fsp3) is 0.0625. The van der Waals surface area contributed by atoms with Crippen LogP contribution in [0.4, 0.5) is 0 Å². The molecular weight excluding hydrogens is 286 g/mol. The smallest absolute Gasteiger partial charge is 0.226 e. The normalized spacial score (nSPS) is 10.4. The van der Waals surface area contributed by atoms with E-state index in [9.17, 15) is 0 Å². The highest BCUT2D eigenvalue weighted by Gasteiger charge is 2.12. The number of methoxy groups -OCH3 is 1. The van der Waals surface area contributed by atoms with Gasteiger partial charge in [-0.25, -0.2) is 4.98 Å². The Kier molecular flexibility index (Phi) is 3.79. The van der Waals surface area contributed by atoms with Crippen LogP contribution in [0, 0.1) is 0 Å². The van der Waals surface area contributed by atoms with E-state index < -0.39 is 0 Å². The number of benzene rings is 2. The molecule has 0 aliphatic heterocycles. The van der Waals surface area contributed by atoms with Gasteiger partial charge in [0, 0.05) is 5.56 Å². The molecule has 0 bridgehead atoms. The van der Waals surface area contributed by atoms with E-state index in [0.717, 1.165) is 11.1 Å². The minimum atomic E-state index is 0.157. The van der Waals surface area contributed by atoms with Gasteiger partial charge in [0.2, 0.25) is 5.28 Å². The van der Waals surface area contributed by atoms with Crippen LogP contribution in [0.1, 0.15) is 0 Å². The third-order valence-electron chi connectivity index (χ3n) is 2.99. The molecule has 0 amide bonds. The maximum absolute atomic E-state index is 6.04. The van der Waals surface area contributed by atoms with E-state index in [1.165, 1.54) is 0 Å². The number of aromatic nitrogens is 3. The van der Waals surface area contributed by atoms with Gasteiger partial charge >= 0.3 is 0 Å². The Labute approximate surface area is 127 Å². The second-order valence-electron chi connectivity index (χ2n) is 4.32. The van der Waals surface area contributed by atoms with E-state index in [0.29, 0.717) is 17.4 Å². The highest BCUT2D eigenvalue weighted by atomic mass is 35.5. The van der Waals surface area contributed by atoms with Crippen LogP contribution in [-0.4, -0.2) is 22.1 Å². The van der Waals surface area contributed by atoms with Gasteiger partial charge in [0.1, 0.15) is 5.75 Å². The maximum Gasteiger partial charge on any atom is 0.226 e. The first-order chi connectivity index (χ1) is 10.3. The van der Waals surface area contributed by atoms with Crippen molar-refractivity contribution < 1.29 is 4.74 Å². The van der Waals surface area contributed by atoms with Crippen LogP contribution in [0.15, 0.2) is 54.6 Å². The molecule has 4 nitrogen and oxygen atoms in total. The lowest BCUT2D eigenvalue weighted by atomic mass is 10.1. The van der Waals surface area contributed by atoms with Crippen molar-refractivity contribution in [3.05, 3.63) is 59.9 Å². The summed E-state index contributed by atoms with van der Waals surface area (Å²) in [6, 6.07) is 17.2. The lowest BCUT2D eigenvalue weighted by molar-refractivity contribution is 0.416. The van der Waals surface area contributed by atoms with Gasteiger partial charge in [-0.3, -0.25) is 0 Å². The van der Waals surface area contributed by atoms with Crippen LogP contribution in [0.2, 0.25) is 5.28 Å². The molecule has 1 heterocycles. The summed E-state index contributed by atoms with van der Waals surface area (Å²) in [6.07, 6.45) is 0. The van der Waals surface area contributed by atoms with Gasteiger partial charge < -0.3 is 4.74 Å². The van der Waals surface area contributed by atoms with Crippen LogP contribution in [0.25, 0.3) is 22.8 Å². The number of rotatable bonds is 3. The summed E-state index contributed by atoms with van der Waals surface area (Å²) in [5.41, 5.74) is 1.67. The number of hydrogen-bond acceptors (Lipinski definition) is 4. The largest absolute Gasteiger partial charge is 0.496 e. The van der Waals surface area contributed by atoms with Crippen molar-refractivity contribution in [3.63, 3.8) is 0 Å². The Morgan fingerprint density at radius 3 is 2.24 bits per heavy atom. The Balaban J connectivity index is 2.14. The van der Waals surface area contributed by atoms with Crippen molar-refractivity contribution in [2.24, 2.45) is 0 Å². The summed E-state index contributed by atoms with van der Waals surface area (Å²) in [6.45, 7) is 0. The molecule has 104 valence electrons. The molecule has 0 N–H and O–H groups in total. The van der Waals surface area contributed by atoms with E-state index in [1.54, 1.807) is 7.11 Å². The third-order valence-corrected chi connectivity index (χ3v) is 3.16. The number of ether oxygens (including phenoxy) is 1. The van der Waals surface area contributed by atoms with E-state index >= 15 is 0 Å². The van der Waals surface area contributed by atoms with Gasteiger partial charge in [0.15, 0.2) is 11.6 Å². The van der Waals surface area contributed by atoms with Crippen molar-refractivity contribution in [2.75, 3.05) is 7.11 Å².